The molecule has 3 aromatic rings. The lowest BCUT2D eigenvalue weighted by Gasteiger charge is -2.45. The maximum absolute atomic E-state index is 11.1. The third-order valence-electron chi connectivity index (χ3n) is 7.48. The SMILES string of the molecule is Cc1nnc(-c2ccc(-c3ccc(O[C@H]4O[C@H](CO)C(O)[C@H](C[C@H]5O[C@H](CO)C[C@H](O)[C@@H]5O)[C@@H]4O)cc3)cc2)o1. The van der Waals surface area contributed by atoms with E-state index in [9.17, 15) is 30.6 Å². The molecular formula is C28H34N2O10. The summed E-state index contributed by atoms with van der Waals surface area (Å²) in [6.45, 7) is 0.854. The Morgan fingerprint density at radius 2 is 1.43 bits per heavy atom. The number of aromatic nitrogens is 2. The maximum Gasteiger partial charge on any atom is 0.247 e. The van der Waals surface area contributed by atoms with Crippen LogP contribution < -0.4 is 4.74 Å². The van der Waals surface area contributed by atoms with Gasteiger partial charge in [0, 0.05) is 24.8 Å². The Kier molecular flexibility index (Phi) is 8.78. The zero-order valence-corrected chi connectivity index (χ0v) is 21.9. The summed E-state index contributed by atoms with van der Waals surface area (Å²) >= 11 is 0. The van der Waals surface area contributed by atoms with E-state index in [4.69, 9.17) is 18.6 Å². The van der Waals surface area contributed by atoms with Crippen LogP contribution in [0.25, 0.3) is 22.6 Å². The van der Waals surface area contributed by atoms with Gasteiger partial charge < -0.3 is 49.3 Å². The molecule has 9 atom stereocenters. The minimum atomic E-state index is -1.35. The fourth-order valence-electron chi connectivity index (χ4n) is 5.24. The minimum Gasteiger partial charge on any atom is -0.462 e. The van der Waals surface area contributed by atoms with E-state index in [1.807, 2.05) is 36.4 Å². The van der Waals surface area contributed by atoms with E-state index < -0.39 is 61.5 Å². The van der Waals surface area contributed by atoms with Crippen LogP contribution in [0.15, 0.2) is 52.9 Å². The number of nitrogens with zero attached hydrogens (tertiary/aromatic N) is 2. The summed E-state index contributed by atoms with van der Waals surface area (Å²) in [4.78, 5) is 0. The van der Waals surface area contributed by atoms with Crippen LogP contribution >= 0.6 is 0 Å². The van der Waals surface area contributed by atoms with Crippen molar-refractivity contribution in [2.75, 3.05) is 13.2 Å². The first-order valence-electron chi connectivity index (χ1n) is 13.2. The molecule has 12 heteroatoms. The monoisotopic (exact) mass is 558 g/mol. The van der Waals surface area contributed by atoms with Gasteiger partial charge >= 0.3 is 0 Å². The highest BCUT2D eigenvalue weighted by atomic mass is 16.7. The van der Waals surface area contributed by atoms with Gasteiger partial charge in [-0.15, -0.1) is 10.2 Å². The highest BCUT2D eigenvalue weighted by Gasteiger charge is 2.48. The predicted molar refractivity (Wildman–Crippen MR) is 139 cm³/mol. The lowest BCUT2D eigenvalue weighted by molar-refractivity contribution is -0.273. The molecular weight excluding hydrogens is 524 g/mol. The van der Waals surface area contributed by atoms with Gasteiger partial charge in [0.05, 0.1) is 37.6 Å². The van der Waals surface area contributed by atoms with Gasteiger partial charge in [0.1, 0.15) is 24.1 Å². The Bertz CT molecular complexity index is 1240. The summed E-state index contributed by atoms with van der Waals surface area (Å²) in [6, 6.07) is 14.7. The Morgan fingerprint density at radius 3 is 2.02 bits per heavy atom. The van der Waals surface area contributed by atoms with Crippen molar-refractivity contribution in [3.05, 3.63) is 54.4 Å². The van der Waals surface area contributed by atoms with E-state index in [1.165, 1.54) is 0 Å². The van der Waals surface area contributed by atoms with Gasteiger partial charge in [-0.2, -0.15) is 0 Å². The second-order valence-corrected chi connectivity index (χ2v) is 10.2. The van der Waals surface area contributed by atoms with Crippen LogP contribution in [0, 0.1) is 12.8 Å². The average molecular weight is 559 g/mol. The number of hydrogen-bond acceptors (Lipinski definition) is 12. The Hall–Kier alpha value is -2.94. The van der Waals surface area contributed by atoms with Crippen LogP contribution in [0.4, 0.5) is 0 Å². The molecule has 0 bridgehead atoms. The number of rotatable bonds is 8. The van der Waals surface area contributed by atoms with Crippen LogP contribution in [0.3, 0.4) is 0 Å². The minimum absolute atomic E-state index is 0.0606. The third-order valence-corrected chi connectivity index (χ3v) is 7.48. The van der Waals surface area contributed by atoms with Crippen molar-refractivity contribution < 1.29 is 49.3 Å². The van der Waals surface area contributed by atoms with E-state index in [1.54, 1.807) is 19.1 Å². The highest BCUT2D eigenvalue weighted by molar-refractivity contribution is 5.67. The van der Waals surface area contributed by atoms with Crippen molar-refractivity contribution >= 4 is 0 Å². The molecule has 2 saturated heterocycles. The molecule has 0 spiro atoms. The lowest BCUT2D eigenvalue weighted by atomic mass is 9.82. The smallest absolute Gasteiger partial charge is 0.247 e. The molecule has 0 amide bonds. The van der Waals surface area contributed by atoms with Crippen molar-refractivity contribution in [1.82, 2.24) is 10.2 Å². The Balaban J connectivity index is 1.27. The molecule has 12 nitrogen and oxygen atoms in total. The largest absolute Gasteiger partial charge is 0.462 e. The van der Waals surface area contributed by atoms with Crippen LogP contribution in [0.1, 0.15) is 18.7 Å². The summed E-state index contributed by atoms with van der Waals surface area (Å²) in [7, 11) is 0. The molecule has 2 fully saturated rings. The van der Waals surface area contributed by atoms with Gasteiger partial charge in [0.25, 0.3) is 0 Å². The van der Waals surface area contributed by atoms with Crippen molar-refractivity contribution in [2.45, 2.75) is 68.8 Å². The van der Waals surface area contributed by atoms with E-state index in [-0.39, 0.29) is 19.4 Å². The zero-order chi connectivity index (χ0) is 28.4. The predicted octanol–water partition coefficient (Wildman–Crippen LogP) is 0.408. The van der Waals surface area contributed by atoms with E-state index in [0.717, 1.165) is 16.7 Å². The normalized spacial score (nSPS) is 32.6. The fraction of sp³-hybridized carbons (Fsp3) is 0.500. The van der Waals surface area contributed by atoms with E-state index in [0.29, 0.717) is 17.5 Å². The van der Waals surface area contributed by atoms with Crippen LogP contribution in [-0.4, -0.2) is 103 Å². The van der Waals surface area contributed by atoms with Crippen LogP contribution in [-0.2, 0) is 9.47 Å². The molecule has 40 heavy (non-hydrogen) atoms. The van der Waals surface area contributed by atoms with E-state index >= 15 is 0 Å². The van der Waals surface area contributed by atoms with Gasteiger partial charge in [-0.05, 0) is 41.8 Å². The molecule has 2 aromatic carbocycles. The number of aliphatic hydroxyl groups is 6. The van der Waals surface area contributed by atoms with Crippen molar-refractivity contribution in [3.8, 4) is 28.3 Å². The summed E-state index contributed by atoms with van der Waals surface area (Å²) < 4.78 is 22.7. The molecule has 1 aromatic heterocycles. The van der Waals surface area contributed by atoms with Crippen molar-refractivity contribution in [3.63, 3.8) is 0 Å². The van der Waals surface area contributed by atoms with Crippen LogP contribution in [0.5, 0.6) is 5.75 Å². The van der Waals surface area contributed by atoms with Crippen molar-refractivity contribution in [2.24, 2.45) is 5.92 Å². The molecule has 0 aliphatic carbocycles. The van der Waals surface area contributed by atoms with Crippen molar-refractivity contribution in [1.29, 1.82) is 0 Å². The van der Waals surface area contributed by atoms with Gasteiger partial charge in [0.2, 0.25) is 18.1 Å². The Morgan fingerprint density at radius 1 is 0.775 bits per heavy atom. The number of hydrogen-bond donors (Lipinski definition) is 6. The topological polar surface area (TPSA) is 188 Å². The standard InChI is InChI=1S/C28H34N2O10/c1-14-29-30-27(37-14)17-4-2-15(3-5-17)16-6-8-18(9-7-16)39-28-25(35)20(24(34)23(13-32)40-28)11-22-26(36)21(33)10-19(12-31)38-22/h2-9,19-26,28,31-36H,10-13H2,1H3/t19-,20-,21-,22+,23+,24?,25-,26-,28-/m0/s1. The molecule has 1 unspecified atom stereocenters. The molecule has 2 aliphatic heterocycles. The fourth-order valence-corrected chi connectivity index (χ4v) is 5.24. The summed E-state index contributed by atoms with van der Waals surface area (Å²) in [6.07, 6.45) is -8.95. The summed E-state index contributed by atoms with van der Waals surface area (Å²) in [5, 5.41) is 69.6. The molecule has 5 rings (SSSR count). The second kappa shape index (κ2) is 12.3. The summed E-state index contributed by atoms with van der Waals surface area (Å²) in [5.41, 5.74) is 2.65. The summed E-state index contributed by atoms with van der Waals surface area (Å²) in [5.74, 6) is 0.405. The van der Waals surface area contributed by atoms with Gasteiger partial charge in [-0.3, -0.25) is 0 Å². The molecule has 216 valence electrons. The number of benzene rings is 2. The first-order valence-corrected chi connectivity index (χ1v) is 13.2. The number of aliphatic hydroxyl groups excluding tert-OH is 6. The third kappa shape index (κ3) is 6.04. The number of ether oxygens (including phenoxy) is 3. The van der Waals surface area contributed by atoms with Gasteiger partial charge in [-0.1, -0.05) is 24.3 Å². The molecule has 3 heterocycles. The van der Waals surface area contributed by atoms with Gasteiger partial charge in [0.15, 0.2) is 0 Å². The quantitative estimate of drug-likeness (QED) is 0.224. The number of aryl methyl sites for hydroxylation is 1. The maximum atomic E-state index is 11.1. The highest BCUT2D eigenvalue weighted by Crippen LogP contribution is 2.35. The molecule has 6 N–H and O–H groups in total. The zero-order valence-electron chi connectivity index (χ0n) is 21.9. The lowest BCUT2D eigenvalue weighted by Crippen LogP contribution is -2.59. The Labute approximate surface area is 230 Å². The van der Waals surface area contributed by atoms with E-state index in [2.05, 4.69) is 10.2 Å². The average Bonchev–Trinajstić information content (AvgIpc) is 3.41. The first kappa shape index (κ1) is 28.6. The van der Waals surface area contributed by atoms with Crippen LogP contribution in [0.2, 0.25) is 0 Å². The molecule has 0 saturated carbocycles. The molecule has 0 radical (unpaired) electrons. The van der Waals surface area contributed by atoms with Gasteiger partial charge in [-0.25, -0.2) is 0 Å². The second-order valence-electron chi connectivity index (χ2n) is 10.2. The molecule has 2 aliphatic rings. The first-order chi connectivity index (χ1) is 19.3.